The molecule has 3 rings (SSSR count). The van der Waals surface area contributed by atoms with E-state index in [-0.39, 0.29) is 12.2 Å². The first-order chi connectivity index (χ1) is 11.6. The van der Waals surface area contributed by atoms with Crippen molar-refractivity contribution in [3.63, 3.8) is 0 Å². The molecule has 1 aliphatic heterocycles. The molecular formula is C19H26N2O3. The number of nitrogens with zero attached hydrogens (tertiary/aromatic N) is 2. The molecule has 1 aliphatic rings. The minimum absolute atomic E-state index is 0.209. The number of rotatable bonds is 5. The summed E-state index contributed by atoms with van der Waals surface area (Å²) in [6.07, 6.45) is 1.74. The Morgan fingerprint density at radius 2 is 2.12 bits per heavy atom. The molecule has 1 aromatic heterocycles. The Kier molecular flexibility index (Phi) is 5.33. The van der Waals surface area contributed by atoms with Crippen LogP contribution in [0.25, 0.3) is 11.0 Å². The minimum Gasteiger partial charge on any atom is -0.423 e. The van der Waals surface area contributed by atoms with Gasteiger partial charge < -0.3 is 14.4 Å². The van der Waals surface area contributed by atoms with Gasteiger partial charge in [-0.1, -0.05) is 13.0 Å². The summed E-state index contributed by atoms with van der Waals surface area (Å²) in [6.45, 7) is 5.93. The Bertz CT molecular complexity index is 756. The predicted octanol–water partition coefficient (Wildman–Crippen LogP) is 1.85. The van der Waals surface area contributed by atoms with Gasteiger partial charge >= 0.3 is 5.63 Å². The molecule has 1 atom stereocenters. The highest BCUT2D eigenvalue weighted by atomic mass is 16.4. The van der Waals surface area contributed by atoms with Crippen LogP contribution in [0.2, 0.25) is 0 Å². The largest absolute Gasteiger partial charge is 0.423 e. The van der Waals surface area contributed by atoms with Gasteiger partial charge in [0.2, 0.25) is 0 Å². The predicted molar refractivity (Wildman–Crippen MR) is 95.3 cm³/mol. The maximum absolute atomic E-state index is 11.9. The van der Waals surface area contributed by atoms with E-state index in [2.05, 4.69) is 29.8 Å². The van der Waals surface area contributed by atoms with E-state index in [1.807, 2.05) is 12.1 Å². The second-order valence-corrected chi connectivity index (χ2v) is 6.66. The van der Waals surface area contributed by atoms with Crippen LogP contribution in [-0.2, 0) is 13.0 Å². The lowest BCUT2D eigenvalue weighted by atomic mass is 10.0. The number of hydrogen-bond acceptors (Lipinski definition) is 5. The second kappa shape index (κ2) is 7.47. The molecule has 1 fully saturated rings. The lowest BCUT2D eigenvalue weighted by Crippen LogP contribution is -2.51. The number of likely N-dealkylation sites (N-methyl/N-ethyl adjacent to an activating group) is 1. The van der Waals surface area contributed by atoms with Crippen molar-refractivity contribution < 1.29 is 9.52 Å². The van der Waals surface area contributed by atoms with Crippen LogP contribution < -0.4 is 5.63 Å². The van der Waals surface area contributed by atoms with Crippen molar-refractivity contribution in [1.29, 1.82) is 0 Å². The maximum atomic E-state index is 11.9. The number of fused-ring (bicyclic) bond motifs is 1. The number of piperazine rings is 1. The molecule has 1 saturated heterocycles. The zero-order chi connectivity index (χ0) is 17.1. The number of hydrogen-bond donors (Lipinski definition) is 1. The van der Waals surface area contributed by atoms with Gasteiger partial charge in [0.05, 0.1) is 0 Å². The van der Waals surface area contributed by atoms with Gasteiger partial charge in [-0.25, -0.2) is 4.79 Å². The summed E-state index contributed by atoms with van der Waals surface area (Å²) in [6, 6.07) is 8.04. The molecule has 1 N–H and O–H groups in total. The smallest absolute Gasteiger partial charge is 0.336 e. The molecule has 1 unspecified atom stereocenters. The fraction of sp³-hybridized carbons (Fsp3) is 0.526. The first-order valence-corrected chi connectivity index (χ1v) is 8.70. The van der Waals surface area contributed by atoms with Gasteiger partial charge in [-0.15, -0.1) is 0 Å². The average Bonchev–Trinajstić information content (AvgIpc) is 2.57. The molecule has 5 heteroatoms. The van der Waals surface area contributed by atoms with E-state index in [0.717, 1.165) is 50.0 Å². The highest BCUT2D eigenvalue weighted by Crippen LogP contribution is 2.22. The Balaban J connectivity index is 1.87. The summed E-state index contributed by atoms with van der Waals surface area (Å²) >= 11 is 0. The van der Waals surface area contributed by atoms with Crippen LogP contribution in [0, 0.1) is 0 Å². The molecule has 0 bridgehead atoms. The van der Waals surface area contributed by atoms with Gasteiger partial charge in [0, 0.05) is 50.3 Å². The van der Waals surface area contributed by atoms with E-state index in [0.29, 0.717) is 11.6 Å². The van der Waals surface area contributed by atoms with Crippen LogP contribution in [0.15, 0.2) is 33.5 Å². The standard InChI is InChI=1S/C19H26N2O3/c1-3-14-4-5-18-17(10-14)15(11-19(23)24-18)12-21-8-7-20(2)16(13-21)6-9-22/h4-5,10-11,16,22H,3,6-9,12-13H2,1-2H3. The van der Waals surface area contributed by atoms with Gasteiger partial charge in [-0.3, -0.25) is 4.90 Å². The van der Waals surface area contributed by atoms with Gasteiger partial charge in [0.1, 0.15) is 5.58 Å². The zero-order valence-corrected chi connectivity index (χ0v) is 14.5. The highest BCUT2D eigenvalue weighted by molar-refractivity contribution is 5.80. The summed E-state index contributed by atoms with van der Waals surface area (Å²) in [5, 5.41) is 10.3. The van der Waals surface area contributed by atoms with Gasteiger partial charge in [0.25, 0.3) is 0 Å². The number of aliphatic hydroxyl groups is 1. The third-order valence-electron chi connectivity index (χ3n) is 5.02. The van der Waals surface area contributed by atoms with Crippen LogP contribution in [0.1, 0.15) is 24.5 Å². The van der Waals surface area contributed by atoms with Crippen molar-refractivity contribution in [3.05, 3.63) is 45.8 Å². The molecule has 0 spiro atoms. The van der Waals surface area contributed by atoms with Gasteiger partial charge in [-0.05, 0) is 43.1 Å². The molecule has 0 radical (unpaired) electrons. The monoisotopic (exact) mass is 330 g/mol. The van der Waals surface area contributed by atoms with Crippen LogP contribution >= 0.6 is 0 Å². The maximum Gasteiger partial charge on any atom is 0.336 e. The van der Waals surface area contributed by atoms with Crippen molar-refractivity contribution in [1.82, 2.24) is 9.80 Å². The fourth-order valence-electron chi connectivity index (χ4n) is 3.48. The number of aryl methyl sites for hydroxylation is 1. The van der Waals surface area contributed by atoms with Crippen molar-refractivity contribution in [3.8, 4) is 0 Å². The summed E-state index contributed by atoms with van der Waals surface area (Å²) in [7, 11) is 2.11. The normalized spacial score (nSPS) is 19.9. The highest BCUT2D eigenvalue weighted by Gasteiger charge is 2.24. The topological polar surface area (TPSA) is 56.9 Å². The van der Waals surface area contributed by atoms with Crippen LogP contribution in [0.4, 0.5) is 0 Å². The van der Waals surface area contributed by atoms with Crippen LogP contribution in [0.5, 0.6) is 0 Å². The zero-order valence-electron chi connectivity index (χ0n) is 14.5. The van der Waals surface area contributed by atoms with E-state index in [9.17, 15) is 9.90 Å². The fourth-order valence-corrected chi connectivity index (χ4v) is 3.48. The third-order valence-corrected chi connectivity index (χ3v) is 5.02. The van der Waals surface area contributed by atoms with Gasteiger partial charge in [0.15, 0.2) is 0 Å². The summed E-state index contributed by atoms with van der Waals surface area (Å²) in [4.78, 5) is 16.6. The molecule has 24 heavy (non-hydrogen) atoms. The quantitative estimate of drug-likeness (QED) is 0.848. The lowest BCUT2D eigenvalue weighted by molar-refractivity contribution is 0.0745. The first kappa shape index (κ1) is 17.1. The van der Waals surface area contributed by atoms with E-state index >= 15 is 0 Å². The minimum atomic E-state index is -0.289. The summed E-state index contributed by atoms with van der Waals surface area (Å²) in [5.74, 6) is 0. The molecule has 1 aromatic carbocycles. The van der Waals surface area contributed by atoms with Crippen molar-refractivity contribution in [2.75, 3.05) is 33.3 Å². The van der Waals surface area contributed by atoms with Crippen LogP contribution in [0.3, 0.4) is 0 Å². The Morgan fingerprint density at radius 1 is 1.29 bits per heavy atom. The molecule has 0 saturated carbocycles. The van der Waals surface area contributed by atoms with Crippen molar-refractivity contribution in [2.24, 2.45) is 0 Å². The molecule has 5 nitrogen and oxygen atoms in total. The van der Waals surface area contributed by atoms with Crippen molar-refractivity contribution in [2.45, 2.75) is 32.4 Å². The third kappa shape index (κ3) is 3.69. The Labute approximate surface area is 142 Å². The number of benzene rings is 1. The SMILES string of the molecule is CCc1ccc2oc(=O)cc(CN3CCN(C)C(CCO)C3)c2c1. The second-order valence-electron chi connectivity index (χ2n) is 6.66. The summed E-state index contributed by atoms with van der Waals surface area (Å²) in [5.41, 5.74) is 2.65. The Morgan fingerprint density at radius 3 is 2.88 bits per heavy atom. The van der Waals surface area contributed by atoms with E-state index in [1.54, 1.807) is 6.07 Å². The van der Waals surface area contributed by atoms with Crippen molar-refractivity contribution >= 4 is 11.0 Å². The average molecular weight is 330 g/mol. The molecule has 0 aliphatic carbocycles. The summed E-state index contributed by atoms with van der Waals surface area (Å²) < 4.78 is 5.35. The molecular weight excluding hydrogens is 304 g/mol. The van der Waals surface area contributed by atoms with E-state index in [1.165, 1.54) is 5.56 Å². The first-order valence-electron chi connectivity index (χ1n) is 8.70. The number of aliphatic hydroxyl groups excluding tert-OH is 1. The molecule has 2 heterocycles. The molecule has 2 aromatic rings. The lowest BCUT2D eigenvalue weighted by Gasteiger charge is -2.39. The Hall–Kier alpha value is -1.69. The van der Waals surface area contributed by atoms with E-state index < -0.39 is 0 Å². The van der Waals surface area contributed by atoms with Gasteiger partial charge in [-0.2, -0.15) is 0 Å². The molecule has 0 amide bonds. The van der Waals surface area contributed by atoms with E-state index in [4.69, 9.17) is 4.42 Å². The van der Waals surface area contributed by atoms with Crippen LogP contribution in [-0.4, -0.2) is 54.2 Å². The molecule has 130 valence electrons.